The van der Waals surface area contributed by atoms with Crippen molar-refractivity contribution in [2.75, 3.05) is 6.61 Å². The summed E-state index contributed by atoms with van der Waals surface area (Å²) in [4.78, 5) is 11.9. The Kier molecular flexibility index (Phi) is 7.68. The molecule has 0 radical (unpaired) electrons. The summed E-state index contributed by atoms with van der Waals surface area (Å²) in [6.07, 6.45) is 9.32. The smallest absolute Gasteiger partial charge is 0.402 e. The predicted molar refractivity (Wildman–Crippen MR) is 77.1 cm³/mol. The van der Waals surface area contributed by atoms with Crippen molar-refractivity contribution >= 4 is 16.1 Å². The van der Waals surface area contributed by atoms with E-state index in [9.17, 15) is 22.0 Å². The molecule has 8 heteroatoms. The van der Waals surface area contributed by atoms with E-state index in [1.807, 2.05) is 0 Å². The molecule has 0 amide bonds. The minimum Gasteiger partial charge on any atom is -0.458 e. The molecule has 1 rings (SSSR count). The molecule has 0 aliphatic heterocycles. The first-order chi connectivity index (χ1) is 10.2. The maximum absolute atomic E-state index is 13.1. The molecule has 1 fully saturated rings. The van der Waals surface area contributed by atoms with E-state index in [1.54, 1.807) is 0 Å². The van der Waals surface area contributed by atoms with Gasteiger partial charge in [-0.1, -0.05) is 51.4 Å². The highest BCUT2D eigenvalue weighted by Crippen LogP contribution is 2.25. The van der Waals surface area contributed by atoms with E-state index in [0.29, 0.717) is 12.8 Å². The van der Waals surface area contributed by atoms with Gasteiger partial charge in [0.15, 0.2) is 6.61 Å². The van der Waals surface area contributed by atoms with Crippen LogP contribution in [0.15, 0.2) is 0 Å². The second kappa shape index (κ2) is 8.76. The van der Waals surface area contributed by atoms with Gasteiger partial charge in [-0.25, -0.2) is 0 Å². The highest BCUT2D eigenvalue weighted by atomic mass is 32.2. The van der Waals surface area contributed by atoms with Gasteiger partial charge in [0, 0.05) is 0 Å². The summed E-state index contributed by atoms with van der Waals surface area (Å²) < 4.78 is 59.9. The van der Waals surface area contributed by atoms with Gasteiger partial charge < -0.3 is 4.74 Å². The molecule has 1 aliphatic carbocycles. The molecule has 130 valence electrons. The van der Waals surface area contributed by atoms with Crippen molar-refractivity contribution in [3.8, 4) is 0 Å². The first-order valence-corrected chi connectivity index (χ1v) is 9.19. The monoisotopic (exact) mass is 342 g/mol. The standard InChI is InChI=1S/C14H24F2O5S/c15-14(16,22(18,19)20)11-21-13(17)12-9-7-5-3-1-2-4-6-8-10-12/h12H,1-11H2,(H,18,19,20). The quantitative estimate of drug-likeness (QED) is 0.624. The Morgan fingerprint density at radius 2 is 1.41 bits per heavy atom. The predicted octanol–water partition coefficient (Wildman–Crippen LogP) is 3.54. The average molecular weight is 342 g/mol. The van der Waals surface area contributed by atoms with E-state index in [1.165, 1.54) is 12.8 Å². The van der Waals surface area contributed by atoms with Crippen LogP contribution in [-0.4, -0.2) is 30.8 Å². The lowest BCUT2D eigenvalue weighted by Crippen LogP contribution is -2.35. The Morgan fingerprint density at radius 3 is 1.82 bits per heavy atom. The first-order valence-electron chi connectivity index (χ1n) is 7.75. The summed E-state index contributed by atoms with van der Waals surface area (Å²) in [5.41, 5.74) is 0. The largest absolute Gasteiger partial charge is 0.458 e. The van der Waals surface area contributed by atoms with Crippen LogP contribution < -0.4 is 0 Å². The Morgan fingerprint density at radius 1 is 1.00 bits per heavy atom. The van der Waals surface area contributed by atoms with E-state index in [0.717, 1.165) is 38.5 Å². The second-order valence-electron chi connectivity index (χ2n) is 5.82. The summed E-state index contributed by atoms with van der Waals surface area (Å²) in [7, 11) is -5.57. The second-order valence-corrected chi connectivity index (χ2v) is 7.37. The molecule has 0 saturated heterocycles. The summed E-state index contributed by atoms with van der Waals surface area (Å²) in [6.45, 7) is -1.64. The minimum absolute atomic E-state index is 0.477. The number of hydrogen-bond acceptors (Lipinski definition) is 4. The van der Waals surface area contributed by atoms with Crippen molar-refractivity contribution in [3.63, 3.8) is 0 Å². The van der Waals surface area contributed by atoms with Gasteiger partial charge >= 0.3 is 21.3 Å². The minimum atomic E-state index is -5.57. The molecule has 0 spiro atoms. The Bertz CT molecular complexity index is 438. The molecule has 1 aliphatic rings. The van der Waals surface area contributed by atoms with Crippen LogP contribution in [0.4, 0.5) is 8.78 Å². The normalized spacial score (nSPS) is 20.1. The van der Waals surface area contributed by atoms with E-state index in [-0.39, 0.29) is 0 Å². The van der Waals surface area contributed by atoms with Crippen LogP contribution in [0, 0.1) is 5.92 Å². The van der Waals surface area contributed by atoms with Crippen LogP contribution in [0.2, 0.25) is 0 Å². The molecule has 0 bridgehead atoms. The fraction of sp³-hybridized carbons (Fsp3) is 0.929. The van der Waals surface area contributed by atoms with Crippen molar-refractivity contribution in [2.45, 2.75) is 69.5 Å². The molecular formula is C14H24F2O5S. The fourth-order valence-corrected chi connectivity index (χ4v) is 2.78. The van der Waals surface area contributed by atoms with Gasteiger partial charge in [-0.2, -0.15) is 17.2 Å². The van der Waals surface area contributed by atoms with Gasteiger partial charge in [-0.05, 0) is 12.8 Å². The van der Waals surface area contributed by atoms with E-state index < -0.39 is 33.9 Å². The van der Waals surface area contributed by atoms with Gasteiger partial charge in [0.05, 0.1) is 5.92 Å². The summed E-state index contributed by atoms with van der Waals surface area (Å²) >= 11 is 0. The van der Waals surface area contributed by atoms with E-state index in [2.05, 4.69) is 4.74 Å². The van der Waals surface area contributed by atoms with Crippen LogP contribution in [0.25, 0.3) is 0 Å². The third-order valence-electron chi connectivity index (χ3n) is 3.95. The molecule has 0 aromatic carbocycles. The lowest BCUT2D eigenvalue weighted by molar-refractivity contribution is -0.155. The van der Waals surface area contributed by atoms with Gasteiger partial charge in [0.2, 0.25) is 0 Å². The third kappa shape index (κ3) is 6.56. The van der Waals surface area contributed by atoms with Crippen molar-refractivity contribution in [1.82, 2.24) is 0 Å². The van der Waals surface area contributed by atoms with Crippen molar-refractivity contribution < 1.29 is 31.3 Å². The number of esters is 1. The summed E-state index contributed by atoms with van der Waals surface area (Å²) in [5, 5.41) is -4.46. The van der Waals surface area contributed by atoms with Crippen molar-refractivity contribution in [1.29, 1.82) is 0 Å². The van der Waals surface area contributed by atoms with Crippen LogP contribution in [0.5, 0.6) is 0 Å². The summed E-state index contributed by atoms with van der Waals surface area (Å²) in [5.74, 6) is -1.28. The molecule has 22 heavy (non-hydrogen) atoms. The maximum atomic E-state index is 13.1. The molecular weight excluding hydrogens is 318 g/mol. The number of hydrogen-bond donors (Lipinski definition) is 1. The highest BCUT2D eigenvalue weighted by molar-refractivity contribution is 7.86. The molecule has 0 unspecified atom stereocenters. The molecule has 0 aromatic rings. The molecule has 1 N–H and O–H groups in total. The zero-order valence-corrected chi connectivity index (χ0v) is 13.4. The van der Waals surface area contributed by atoms with Crippen LogP contribution in [-0.2, 0) is 19.6 Å². The van der Waals surface area contributed by atoms with Crippen LogP contribution in [0.1, 0.15) is 64.2 Å². The third-order valence-corrected chi connectivity index (χ3v) is 4.82. The number of halogens is 2. The Hall–Kier alpha value is -0.760. The van der Waals surface area contributed by atoms with Gasteiger partial charge in [0.1, 0.15) is 0 Å². The topological polar surface area (TPSA) is 80.7 Å². The number of ether oxygens (including phenoxy) is 1. The lowest BCUT2D eigenvalue weighted by Gasteiger charge is -2.18. The molecule has 0 heterocycles. The van der Waals surface area contributed by atoms with Gasteiger partial charge in [-0.3, -0.25) is 9.35 Å². The summed E-state index contributed by atoms with van der Waals surface area (Å²) in [6, 6.07) is 0. The Labute approximate surface area is 130 Å². The maximum Gasteiger partial charge on any atom is 0.402 e. The Balaban J connectivity index is 2.53. The first kappa shape index (κ1) is 19.3. The van der Waals surface area contributed by atoms with Gasteiger partial charge in [-0.15, -0.1) is 0 Å². The number of alkyl halides is 2. The van der Waals surface area contributed by atoms with Crippen molar-refractivity contribution in [2.24, 2.45) is 5.92 Å². The zero-order valence-electron chi connectivity index (χ0n) is 12.6. The molecule has 0 atom stereocenters. The average Bonchev–Trinajstić information content (AvgIpc) is 2.48. The van der Waals surface area contributed by atoms with E-state index >= 15 is 0 Å². The molecule has 5 nitrogen and oxygen atoms in total. The number of carbonyl (C=O) groups is 1. The lowest BCUT2D eigenvalue weighted by atomic mass is 9.95. The van der Waals surface area contributed by atoms with Crippen molar-refractivity contribution in [3.05, 3.63) is 0 Å². The molecule has 1 saturated carbocycles. The van der Waals surface area contributed by atoms with Crippen LogP contribution >= 0.6 is 0 Å². The van der Waals surface area contributed by atoms with E-state index in [4.69, 9.17) is 4.55 Å². The zero-order chi connectivity index (χ0) is 16.6. The highest BCUT2D eigenvalue weighted by Gasteiger charge is 2.45. The number of rotatable bonds is 4. The van der Waals surface area contributed by atoms with Gasteiger partial charge in [0.25, 0.3) is 0 Å². The SMILES string of the molecule is O=C(OCC(F)(F)S(=O)(=O)O)C1CCCCCCCCCC1. The van der Waals surface area contributed by atoms with Crippen LogP contribution in [0.3, 0.4) is 0 Å². The number of carbonyl (C=O) groups excluding carboxylic acids is 1. The fourth-order valence-electron chi connectivity index (χ4n) is 2.57. The molecule has 0 aromatic heterocycles.